The quantitative estimate of drug-likeness (QED) is 0.490. The lowest BCUT2D eigenvalue weighted by Gasteiger charge is -1.94. The number of pyridine rings is 1. The third-order valence-electron chi connectivity index (χ3n) is 1.29. The monoisotopic (exact) mass is 191 g/mol. The topological polar surface area (TPSA) is 62.7 Å². The van der Waals surface area contributed by atoms with Crippen LogP contribution in [0.2, 0.25) is 5.15 Å². The molecule has 3 nitrogen and oxygen atoms in total. The third kappa shape index (κ3) is 2.45. The van der Waals surface area contributed by atoms with E-state index in [-0.39, 0.29) is 6.54 Å². The molecule has 0 saturated heterocycles. The molecule has 1 rings (SSSR count). The standard InChI is InChI=1S/C9H6ClN3/c10-9-8(2-1-3-11)4-7(5-12)6-13-9/h4,6H,3,11H2. The zero-order valence-corrected chi connectivity index (χ0v) is 7.47. The second-order valence-electron chi connectivity index (χ2n) is 2.18. The lowest BCUT2D eigenvalue weighted by molar-refractivity contribution is 1.28. The van der Waals surface area contributed by atoms with Gasteiger partial charge in [-0.05, 0) is 6.07 Å². The van der Waals surface area contributed by atoms with Crippen molar-refractivity contribution in [2.45, 2.75) is 0 Å². The van der Waals surface area contributed by atoms with Crippen LogP contribution < -0.4 is 5.73 Å². The van der Waals surface area contributed by atoms with Crippen molar-refractivity contribution in [3.05, 3.63) is 28.5 Å². The fourth-order valence-electron chi connectivity index (χ4n) is 0.743. The number of halogens is 1. The van der Waals surface area contributed by atoms with E-state index in [9.17, 15) is 0 Å². The Kier molecular flexibility index (Phi) is 3.28. The largest absolute Gasteiger partial charge is 0.320 e. The molecule has 2 N–H and O–H groups in total. The van der Waals surface area contributed by atoms with E-state index in [4.69, 9.17) is 22.6 Å². The first kappa shape index (κ1) is 9.54. The van der Waals surface area contributed by atoms with Crippen molar-refractivity contribution >= 4 is 11.6 Å². The average molecular weight is 192 g/mol. The molecule has 0 atom stereocenters. The van der Waals surface area contributed by atoms with Crippen LogP contribution in [0.4, 0.5) is 0 Å². The molecule has 0 bridgehead atoms. The molecule has 64 valence electrons. The highest BCUT2D eigenvalue weighted by molar-refractivity contribution is 6.30. The molecule has 0 radical (unpaired) electrons. The van der Waals surface area contributed by atoms with Crippen molar-refractivity contribution in [3.8, 4) is 17.9 Å². The minimum Gasteiger partial charge on any atom is -0.320 e. The summed E-state index contributed by atoms with van der Waals surface area (Å²) in [6.07, 6.45) is 1.40. The number of nitrogens with zero attached hydrogens (tertiary/aromatic N) is 2. The van der Waals surface area contributed by atoms with Crippen LogP contribution in [0.15, 0.2) is 12.3 Å². The first-order chi connectivity index (χ1) is 6.27. The average Bonchev–Trinajstić information content (AvgIpc) is 2.17. The van der Waals surface area contributed by atoms with Gasteiger partial charge in [-0.2, -0.15) is 5.26 Å². The normalized spacial score (nSPS) is 8.38. The van der Waals surface area contributed by atoms with Crippen molar-refractivity contribution in [2.75, 3.05) is 6.54 Å². The van der Waals surface area contributed by atoms with E-state index in [1.54, 1.807) is 6.07 Å². The van der Waals surface area contributed by atoms with Gasteiger partial charge in [-0.1, -0.05) is 23.4 Å². The molecule has 0 unspecified atom stereocenters. The highest BCUT2D eigenvalue weighted by atomic mass is 35.5. The first-order valence-electron chi connectivity index (χ1n) is 3.52. The summed E-state index contributed by atoms with van der Waals surface area (Å²) in [5.74, 6) is 5.37. The molecule has 0 saturated carbocycles. The van der Waals surface area contributed by atoms with E-state index in [0.717, 1.165) is 0 Å². The number of hydrogen-bond acceptors (Lipinski definition) is 3. The lowest BCUT2D eigenvalue weighted by atomic mass is 10.2. The fourth-order valence-corrected chi connectivity index (χ4v) is 0.894. The Balaban J connectivity index is 3.13. The van der Waals surface area contributed by atoms with Crippen LogP contribution in [0, 0.1) is 23.2 Å². The van der Waals surface area contributed by atoms with Crippen LogP contribution in [0.1, 0.15) is 11.1 Å². The fraction of sp³-hybridized carbons (Fsp3) is 0.111. The maximum atomic E-state index is 8.57. The van der Waals surface area contributed by atoms with Crippen LogP contribution in [-0.2, 0) is 0 Å². The highest BCUT2D eigenvalue weighted by Gasteiger charge is 1.99. The summed E-state index contributed by atoms with van der Waals surface area (Å²) >= 11 is 5.73. The van der Waals surface area contributed by atoms with Crippen molar-refractivity contribution in [1.29, 1.82) is 5.26 Å². The molecule has 1 aromatic heterocycles. The molecule has 4 heteroatoms. The molecule has 0 aliphatic heterocycles. The Morgan fingerprint density at radius 2 is 2.38 bits per heavy atom. The van der Waals surface area contributed by atoms with Crippen molar-refractivity contribution < 1.29 is 0 Å². The van der Waals surface area contributed by atoms with Gasteiger partial charge in [0.15, 0.2) is 0 Å². The van der Waals surface area contributed by atoms with Gasteiger partial charge in [0.25, 0.3) is 0 Å². The van der Waals surface area contributed by atoms with Gasteiger partial charge < -0.3 is 5.73 Å². The van der Waals surface area contributed by atoms with Gasteiger partial charge in [0, 0.05) is 6.20 Å². The second-order valence-corrected chi connectivity index (χ2v) is 2.54. The van der Waals surface area contributed by atoms with Gasteiger partial charge in [0.05, 0.1) is 17.7 Å². The van der Waals surface area contributed by atoms with Gasteiger partial charge in [0.1, 0.15) is 11.2 Å². The highest BCUT2D eigenvalue weighted by Crippen LogP contribution is 2.12. The molecule has 0 aliphatic rings. The van der Waals surface area contributed by atoms with E-state index in [2.05, 4.69) is 16.8 Å². The van der Waals surface area contributed by atoms with Gasteiger partial charge in [-0.3, -0.25) is 0 Å². The molecule has 1 heterocycles. The summed E-state index contributed by atoms with van der Waals surface area (Å²) in [6, 6.07) is 3.53. The summed E-state index contributed by atoms with van der Waals surface area (Å²) in [6.45, 7) is 0.257. The number of nitrogens with two attached hydrogens (primary N) is 1. The molecular weight excluding hydrogens is 186 g/mol. The summed E-state index contributed by atoms with van der Waals surface area (Å²) in [7, 11) is 0. The summed E-state index contributed by atoms with van der Waals surface area (Å²) in [5.41, 5.74) is 6.16. The van der Waals surface area contributed by atoms with E-state index in [0.29, 0.717) is 16.3 Å². The Morgan fingerprint density at radius 1 is 1.62 bits per heavy atom. The van der Waals surface area contributed by atoms with Crippen molar-refractivity contribution in [2.24, 2.45) is 5.73 Å². The SMILES string of the molecule is N#Cc1cnc(Cl)c(C#CCN)c1. The molecule has 0 spiro atoms. The zero-order valence-electron chi connectivity index (χ0n) is 6.71. The van der Waals surface area contributed by atoms with E-state index >= 15 is 0 Å². The van der Waals surface area contributed by atoms with Gasteiger partial charge >= 0.3 is 0 Å². The predicted octanol–water partition coefficient (Wildman–Crippen LogP) is 0.917. The molecule has 0 aliphatic carbocycles. The number of hydrogen-bond donors (Lipinski definition) is 1. The van der Waals surface area contributed by atoms with Gasteiger partial charge in [-0.25, -0.2) is 4.98 Å². The maximum Gasteiger partial charge on any atom is 0.144 e. The third-order valence-corrected chi connectivity index (χ3v) is 1.59. The lowest BCUT2D eigenvalue weighted by Crippen LogP contribution is -1.93. The van der Waals surface area contributed by atoms with Crippen LogP contribution in [0.3, 0.4) is 0 Å². The van der Waals surface area contributed by atoms with Crippen LogP contribution in [-0.4, -0.2) is 11.5 Å². The zero-order chi connectivity index (χ0) is 9.68. The Hall–Kier alpha value is -1.55. The number of nitriles is 1. The second kappa shape index (κ2) is 4.47. The predicted molar refractivity (Wildman–Crippen MR) is 49.9 cm³/mol. The van der Waals surface area contributed by atoms with Crippen LogP contribution >= 0.6 is 11.6 Å². The van der Waals surface area contributed by atoms with Crippen LogP contribution in [0.5, 0.6) is 0 Å². The van der Waals surface area contributed by atoms with E-state index < -0.39 is 0 Å². The molecule has 0 amide bonds. The maximum absolute atomic E-state index is 8.57. The van der Waals surface area contributed by atoms with E-state index in [1.807, 2.05) is 6.07 Å². The van der Waals surface area contributed by atoms with Gasteiger partial charge in [-0.15, -0.1) is 0 Å². The summed E-state index contributed by atoms with van der Waals surface area (Å²) in [4.78, 5) is 3.80. The molecule has 0 fully saturated rings. The molecule has 1 aromatic rings. The number of aromatic nitrogens is 1. The smallest absolute Gasteiger partial charge is 0.144 e. The Bertz CT molecular complexity index is 409. The Labute approximate surface area is 81.1 Å². The molecule has 13 heavy (non-hydrogen) atoms. The molecule has 0 aromatic carbocycles. The minimum atomic E-state index is 0.257. The molecular formula is C9H6ClN3. The van der Waals surface area contributed by atoms with E-state index in [1.165, 1.54) is 6.20 Å². The number of rotatable bonds is 0. The Morgan fingerprint density at radius 3 is 3.00 bits per heavy atom. The van der Waals surface area contributed by atoms with Crippen molar-refractivity contribution in [3.63, 3.8) is 0 Å². The van der Waals surface area contributed by atoms with Crippen molar-refractivity contribution in [1.82, 2.24) is 4.98 Å². The summed E-state index contributed by atoms with van der Waals surface area (Å²) in [5, 5.41) is 8.86. The summed E-state index contributed by atoms with van der Waals surface area (Å²) < 4.78 is 0. The van der Waals surface area contributed by atoms with Gasteiger partial charge in [0.2, 0.25) is 0 Å². The minimum absolute atomic E-state index is 0.257. The van der Waals surface area contributed by atoms with Crippen LogP contribution in [0.25, 0.3) is 0 Å². The first-order valence-corrected chi connectivity index (χ1v) is 3.90.